The van der Waals surface area contributed by atoms with Crippen LogP contribution in [0.5, 0.6) is 0 Å². The number of benzene rings is 1. The maximum absolute atomic E-state index is 5.37. The molecule has 1 aromatic carbocycles. The SMILES string of the molecule is Cc1ccc(-n2c(SCc3nc(C(C)C)no3)nnc2-c2ccncc2)cc1C. The maximum atomic E-state index is 5.37. The van der Waals surface area contributed by atoms with Crippen molar-refractivity contribution in [3.63, 3.8) is 0 Å². The van der Waals surface area contributed by atoms with Crippen molar-refractivity contribution < 1.29 is 4.52 Å². The van der Waals surface area contributed by atoms with Crippen LogP contribution in [0.4, 0.5) is 0 Å². The van der Waals surface area contributed by atoms with E-state index >= 15 is 0 Å². The minimum atomic E-state index is 0.231. The van der Waals surface area contributed by atoms with E-state index < -0.39 is 0 Å². The van der Waals surface area contributed by atoms with E-state index in [9.17, 15) is 0 Å². The fourth-order valence-corrected chi connectivity index (χ4v) is 3.63. The Morgan fingerprint density at radius 1 is 1.03 bits per heavy atom. The molecule has 4 rings (SSSR count). The lowest BCUT2D eigenvalue weighted by atomic mass is 10.1. The predicted molar refractivity (Wildman–Crippen MR) is 112 cm³/mol. The summed E-state index contributed by atoms with van der Waals surface area (Å²) in [6, 6.07) is 10.2. The second-order valence-corrected chi connectivity index (χ2v) is 8.08. The summed E-state index contributed by atoms with van der Waals surface area (Å²) in [5.74, 6) is 2.83. The average Bonchev–Trinajstić information content (AvgIpc) is 3.36. The first kappa shape index (κ1) is 19.3. The van der Waals surface area contributed by atoms with Crippen molar-refractivity contribution >= 4 is 11.8 Å². The molecule has 0 aliphatic heterocycles. The molecular formula is C21H22N6OS. The van der Waals surface area contributed by atoms with Crippen LogP contribution in [-0.2, 0) is 5.75 Å². The summed E-state index contributed by atoms with van der Waals surface area (Å²) < 4.78 is 7.43. The highest BCUT2D eigenvalue weighted by Gasteiger charge is 2.18. The van der Waals surface area contributed by atoms with Gasteiger partial charge in [0.25, 0.3) is 0 Å². The van der Waals surface area contributed by atoms with Crippen molar-refractivity contribution in [2.45, 2.75) is 44.5 Å². The van der Waals surface area contributed by atoms with Crippen LogP contribution in [0.2, 0.25) is 0 Å². The normalized spacial score (nSPS) is 11.3. The standard InChI is InChI=1S/C21H22N6OS/c1-13(2)19-23-18(28-26-19)12-29-21-25-24-20(16-7-9-22-10-8-16)27(21)17-6-5-14(3)15(4)11-17/h5-11,13H,12H2,1-4H3. The molecule has 0 saturated carbocycles. The molecule has 0 saturated heterocycles. The van der Waals surface area contributed by atoms with Gasteiger partial charge in [0.15, 0.2) is 16.8 Å². The van der Waals surface area contributed by atoms with Gasteiger partial charge in [0.2, 0.25) is 5.89 Å². The van der Waals surface area contributed by atoms with Gasteiger partial charge in [0.05, 0.1) is 11.4 Å². The molecule has 3 heterocycles. The van der Waals surface area contributed by atoms with Crippen LogP contribution in [0.25, 0.3) is 17.1 Å². The first-order valence-electron chi connectivity index (χ1n) is 9.41. The number of aryl methyl sites for hydroxylation is 2. The Kier molecular flexibility index (Phi) is 5.44. The molecule has 0 unspecified atom stereocenters. The van der Waals surface area contributed by atoms with Crippen molar-refractivity contribution in [1.29, 1.82) is 0 Å². The van der Waals surface area contributed by atoms with Crippen molar-refractivity contribution in [3.05, 3.63) is 65.6 Å². The van der Waals surface area contributed by atoms with E-state index in [4.69, 9.17) is 4.52 Å². The molecule has 0 aliphatic carbocycles. The number of aromatic nitrogens is 6. The molecule has 0 bridgehead atoms. The minimum Gasteiger partial charge on any atom is -0.338 e. The van der Waals surface area contributed by atoms with Gasteiger partial charge in [-0.1, -0.05) is 36.8 Å². The number of nitrogens with zero attached hydrogens (tertiary/aromatic N) is 6. The largest absolute Gasteiger partial charge is 0.338 e. The molecule has 148 valence electrons. The fraction of sp³-hybridized carbons (Fsp3) is 0.286. The lowest BCUT2D eigenvalue weighted by Gasteiger charge is -2.11. The molecule has 0 amide bonds. The monoisotopic (exact) mass is 406 g/mol. The van der Waals surface area contributed by atoms with Crippen LogP contribution >= 0.6 is 11.8 Å². The molecule has 0 aliphatic rings. The van der Waals surface area contributed by atoms with E-state index in [1.54, 1.807) is 12.4 Å². The first-order chi connectivity index (χ1) is 14.0. The number of pyridine rings is 1. The highest BCUT2D eigenvalue weighted by Crippen LogP contribution is 2.30. The third-order valence-electron chi connectivity index (χ3n) is 4.65. The second kappa shape index (κ2) is 8.16. The van der Waals surface area contributed by atoms with Crippen LogP contribution in [0.3, 0.4) is 0 Å². The molecule has 3 aromatic heterocycles. The minimum absolute atomic E-state index is 0.231. The molecule has 0 spiro atoms. The summed E-state index contributed by atoms with van der Waals surface area (Å²) in [5, 5.41) is 13.7. The fourth-order valence-electron chi connectivity index (χ4n) is 2.84. The topological polar surface area (TPSA) is 82.5 Å². The highest BCUT2D eigenvalue weighted by molar-refractivity contribution is 7.98. The molecule has 4 aromatic rings. The molecule has 7 nitrogen and oxygen atoms in total. The molecule has 0 N–H and O–H groups in total. The van der Waals surface area contributed by atoms with Gasteiger partial charge in [-0.05, 0) is 49.2 Å². The number of thioether (sulfide) groups is 1. The van der Waals surface area contributed by atoms with Gasteiger partial charge in [0, 0.05) is 23.9 Å². The van der Waals surface area contributed by atoms with Crippen LogP contribution in [0.15, 0.2) is 52.4 Å². The zero-order valence-electron chi connectivity index (χ0n) is 16.8. The van der Waals surface area contributed by atoms with Gasteiger partial charge in [-0.15, -0.1) is 10.2 Å². The third kappa shape index (κ3) is 4.07. The Labute approximate surface area is 173 Å². The Morgan fingerprint density at radius 2 is 1.83 bits per heavy atom. The maximum Gasteiger partial charge on any atom is 0.237 e. The van der Waals surface area contributed by atoms with Crippen molar-refractivity contribution in [2.24, 2.45) is 0 Å². The van der Waals surface area contributed by atoms with Crippen LogP contribution in [-0.4, -0.2) is 29.9 Å². The van der Waals surface area contributed by atoms with Crippen LogP contribution in [0, 0.1) is 13.8 Å². The highest BCUT2D eigenvalue weighted by atomic mass is 32.2. The zero-order valence-corrected chi connectivity index (χ0v) is 17.6. The number of hydrogen-bond acceptors (Lipinski definition) is 7. The Hall–Kier alpha value is -3.00. The van der Waals surface area contributed by atoms with Gasteiger partial charge in [0.1, 0.15) is 0 Å². The van der Waals surface area contributed by atoms with E-state index in [2.05, 4.69) is 61.9 Å². The summed E-state index contributed by atoms with van der Waals surface area (Å²) in [4.78, 5) is 8.56. The number of rotatable bonds is 6. The molecule has 0 fully saturated rings. The van der Waals surface area contributed by atoms with E-state index in [0.717, 1.165) is 22.2 Å². The summed E-state index contributed by atoms with van der Waals surface area (Å²) in [7, 11) is 0. The van der Waals surface area contributed by atoms with Crippen molar-refractivity contribution in [2.75, 3.05) is 0 Å². The Balaban J connectivity index is 1.71. The molecule has 8 heteroatoms. The molecular weight excluding hydrogens is 384 g/mol. The summed E-state index contributed by atoms with van der Waals surface area (Å²) in [5.41, 5.74) is 4.43. The average molecular weight is 407 g/mol. The van der Waals surface area contributed by atoms with E-state index in [0.29, 0.717) is 17.5 Å². The first-order valence-corrected chi connectivity index (χ1v) is 10.4. The summed E-state index contributed by atoms with van der Waals surface area (Å²) >= 11 is 1.52. The lowest BCUT2D eigenvalue weighted by molar-refractivity contribution is 0.382. The third-order valence-corrected chi connectivity index (χ3v) is 5.56. The lowest BCUT2D eigenvalue weighted by Crippen LogP contribution is -2.01. The van der Waals surface area contributed by atoms with E-state index in [1.807, 2.05) is 26.0 Å². The Bertz CT molecular complexity index is 1120. The summed E-state index contributed by atoms with van der Waals surface area (Å²) in [6.45, 7) is 8.29. The predicted octanol–water partition coefficient (Wildman–Crippen LogP) is 4.74. The smallest absolute Gasteiger partial charge is 0.237 e. The van der Waals surface area contributed by atoms with Gasteiger partial charge in [-0.2, -0.15) is 4.98 Å². The zero-order chi connectivity index (χ0) is 20.4. The number of hydrogen-bond donors (Lipinski definition) is 0. The van der Waals surface area contributed by atoms with E-state index in [-0.39, 0.29) is 5.92 Å². The molecule has 29 heavy (non-hydrogen) atoms. The van der Waals surface area contributed by atoms with Crippen LogP contribution in [0.1, 0.15) is 42.6 Å². The van der Waals surface area contributed by atoms with Gasteiger partial charge in [-0.25, -0.2) is 0 Å². The quantitative estimate of drug-likeness (QED) is 0.428. The van der Waals surface area contributed by atoms with Crippen molar-refractivity contribution in [1.82, 2.24) is 29.9 Å². The van der Waals surface area contributed by atoms with Gasteiger partial charge < -0.3 is 4.52 Å². The van der Waals surface area contributed by atoms with Crippen LogP contribution < -0.4 is 0 Å². The molecule has 0 atom stereocenters. The van der Waals surface area contributed by atoms with Gasteiger partial charge >= 0.3 is 0 Å². The van der Waals surface area contributed by atoms with E-state index in [1.165, 1.54) is 22.9 Å². The van der Waals surface area contributed by atoms with Crippen molar-refractivity contribution in [3.8, 4) is 17.1 Å². The Morgan fingerprint density at radius 3 is 2.52 bits per heavy atom. The second-order valence-electron chi connectivity index (χ2n) is 7.14. The molecule has 0 radical (unpaired) electrons. The summed E-state index contributed by atoms with van der Waals surface area (Å²) in [6.07, 6.45) is 3.51. The van der Waals surface area contributed by atoms with Gasteiger partial charge in [-0.3, -0.25) is 9.55 Å².